The summed E-state index contributed by atoms with van der Waals surface area (Å²) in [5.41, 5.74) is 0.343. The van der Waals surface area contributed by atoms with Gasteiger partial charge in [0, 0.05) is 5.75 Å². The zero-order valence-electron chi connectivity index (χ0n) is 17.5. The number of ether oxygens (including phenoxy) is 1. The summed E-state index contributed by atoms with van der Waals surface area (Å²) in [4.78, 5) is 12.8. The van der Waals surface area contributed by atoms with Gasteiger partial charge in [0.15, 0.2) is 4.34 Å². The topological polar surface area (TPSA) is 101 Å². The van der Waals surface area contributed by atoms with Crippen LogP contribution in [0, 0.1) is 0 Å². The van der Waals surface area contributed by atoms with E-state index in [0.29, 0.717) is 32.4 Å². The fraction of sp³-hybridized carbons (Fsp3) is 0.190. The average molecular weight is 491 g/mol. The van der Waals surface area contributed by atoms with E-state index >= 15 is 0 Å². The molecule has 0 aliphatic rings. The van der Waals surface area contributed by atoms with E-state index in [-0.39, 0.29) is 0 Å². The van der Waals surface area contributed by atoms with Crippen molar-refractivity contribution in [2.75, 3.05) is 21.6 Å². The van der Waals surface area contributed by atoms with Crippen LogP contribution in [-0.4, -0.2) is 42.6 Å². The number of aromatic nitrogens is 2. The number of benzene rings is 2. The number of thioether (sulfide) groups is 1. The molecule has 32 heavy (non-hydrogen) atoms. The third kappa shape index (κ3) is 6.31. The maximum Gasteiger partial charge on any atom is 0.249 e. The highest BCUT2D eigenvalue weighted by Crippen LogP contribution is 2.28. The number of para-hydroxylation sites is 1. The van der Waals surface area contributed by atoms with Crippen LogP contribution in [0.15, 0.2) is 71.6 Å². The first-order chi connectivity index (χ1) is 15.3. The number of carbonyl (C=O) groups is 1. The Morgan fingerprint density at radius 2 is 1.84 bits per heavy atom. The van der Waals surface area contributed by atoms with Crippen LogP contribution in [0.1, 0.15) is 6.92 Å². The predicted molar refractivity (Wildman–Crippen MR) is 129 cm³/mol. The quantitative estimate of drug-likeness (QED) is 0.255. The molecule has 1 heterocycles. The van der Waals surface area contributed by atoms with Crippen molar-refractivity contribution < 1.29 is 17.9 Å². The zero-order valence-corrected chi connectivity index (χ0v) is 19.9. The van der Waals surface area contributed by atoms with Crippen molar-refractivity contribution in [1.82, 2.24) is 10.2 Å². The van der Waals surface area contributed by atoms with Gasteiger partial charge in [-0.05, 0) is 43.3 Å². The monoisotopic (exact) mass is 490 g/mol. The summed E-state index contributed by atoms with van der Waals surface area (Å²) in [6.07, 6.45) is 2.80. The molecule has 0 fully saturated rings. The Morgan fingerprint density at radius 3 is 2.47 bits per heavy atom. The van der Waals surface area contributed by atoms with E-state index in [0.717, 1.165) is 10.6 Å². The Morgan fingerprint density at radius 1 is 1.19 bits per heavy atom. The van der Waals surface area contributed by atoms with Gasteiger partial charge in [0.05, 0.1) is 11.9 Å². The summed E-state index contributed by atoms with van der Waals surface area (Å²) in [6.45, 7) is 5.16. The van der Waals surface area contributed by atoms with Crippen LogP contribution >= 0.6 is 23.1 Å². The SMILES string of the molecule is C=CCSc1nnc(NC(=O)[C@H](C)N(c2ccc(Oc3ccccc3)cc2)S(C)(=O)=O)s1. The second-order valence-electron chi connectivity index (χ2n) is 6.61. The third-order valence-corrected chi connectivity index (χ3v) is 7.33. The highest BCUT2D eigenvalue weighted by Gasteiger charge is 2.29. The van der Waals surface area contributed by atoms with E-state index in [1.807, 2.05) is 30.3 Å². The molecule has 2 aromatic carbocycles. The lowest BCUT2D eigenvalue weighted by Crippen LogP contribution is -2.45. The first kappa shape index (κ1) is 23.8. The zero-order chi connectivity index (χ0) is 23.1. The van der Waals surface area contributed by atoms with Gasteiger partial charge >= 0.3 is 0 Å². The van der Waals surface area contributed by atoms with E-state index in [4.69, 9.17) is 4.74 Å². The van der Waals surface area contributed by atoms with Crippen LogP contribution in [0.3, 0.4) is 0 Å². The Balaban J connectivity index is 1.74. The van der Waals surface area contributed by atoms with E-state index in [1.165, 1.54) is 30.0 Å². The van der Waals surface area contributed by atoms with Crippen LogP contribution in [0.5, 0.6) is 11.5 Å². The summed E-state index contributed by atoms with van der Waals surface area (Å²) in [5, 5.41) is 10.9. The van der Waals surface area contributed by atoms with Gasteiger partial charge < -0.3 is 4.74 Å². The molecule has 0 radical (unpaired) electrons. The summed E-state index contributed by atoms with van der Waals surface area (Å²) in [5.74, 6) is 1.36. The maximum atomic E-state index is 12.8. The second kappa shape index (κ2) is 10.6. The molecule has 0 aliphatic carbocycles. The standard InChI is InChI=1S/C21H22N4O4S3/c1-4-14-30-21-24-23-20(31-21)22-19(26)15(2)25(32(3,27)28)16-10-12-18(13-11-16)29-17-8-6-5-7-9-17/h4-13,15H,1,14H2,2-3H3,(H,22,23,26)/t15-/m0/s1. The van der Waals surface area contributed by atoms with Crippen molar-refractivity contribution in [3.8, 4) is 11.5 Å². The van der Waals surface area contributed by atoms with E-state index in [2.05, 4.69) is 22.1 Å². The molecule has 0 unspecified atom stereocenters. The molecular formula is C21H22N4O4S3. The highest BCUT2D eigenvalue weighted by molar-refractivity contribution is 8.01. The molecule has 8 nitrogen and oxygen atoms in total. The van der Waals surface area contributed by atoms with Crippen molar-refractivity contribution in [3.63, 3.8) is 0 Å². The summed E-state index contributed by atoms with van der Waals surface area (Å²) < 4.78 is 32.5. The number of sulfonamides is 1. The number of nitrogens with zero attached hydrogens (tertiary/aromatic N) is 3. The molecule has 0 bridgehead atoms. The molecule has 1 atom stereocenters. The molecule has 0 spiro atoms. The van der Waals surface area contributed by atoms with Crippen molar-refractivity contribution in [2.45, 2.75) is 17.3 Å². The average Bonchev–Trinajstić information content (AvgIpc) is 3.20. The molecule has 1 aromatic heterocycles. The van der Waals surface area contributed by atoms with Gasteiger partial charge in [0.25, 0.3) is 0 Å². The minimum atomic E-state index is -3.75. The molecule has 0 saturated heterocycles. The Kier molecular flexibility index (Phi) is 7.89. The largest absolute Gasteiger partial charge is 0.457 e. The van der Waals surface area contributed by atoms with Gasteiger partial charge in [-0.1, -0.05) is 47.4 Å². The molecule has 168 valence electrons. The van der Waals surface area contributed by atoms with Gasteiger partial charge in [0.2, 0.25) is 21.1 Å². The Labute approximate surface area is 195 Å². The first-order valence-electron chi connectivity index (χ1n) is 9.48. The molecule has 11 heteroatoms. The number of rotatable bonds is 10. The van der Waals surface area contributed by atoms with Gasteiger partial charge in [-0.3, -0.25) is 14.4 Å². The molecule has 0 aliphatic heterocycles. The summed E-state index contributed by atoms with van der Waals surface area (Å²) in [7, 11) is -3.75. The lowest BCUT2D eigenvalue weighted by atomic mass is 10.2. The van der Waals surface area contributed by atoms with Crippen LogP contribution in [-0.2, 0) is 14.8 Å². The van der Waals surface area contributed by atoms with Crippen LogP contribution < -0.4 is 14.4 Å². The van der Waals surface area contributed by atoms with Gasteiger partial charge in [-0.15, -0.1) is 16.8 Å². The third-order valence-electron chi connectivity index (χ3n) is 4.12. The lowest BCUT2D eigenvalue weighted by molar-refractivity contribution is -0.116. The van der Waals surface area contributed by atoms with Crippen LogP contribution in [0.2, 0.25) is 0 Å². The van der Waals surface area contributed by atoms with E-state index < -0.39 is 22.0 Å². The minimum Gasteiger partial charge on any atom is -0.457 e. The molecule has 3 aromatic rings. The van der Waals surface area contributed by atoms with E-state index in [1.54, 1.807) is 30.3 Å². The predicted octanol–water partition coefficient (Wildman–Crippen LogP) is 4.40. The molecule has 0 saturated carbocycles. The number of nitrogens with one attached hydrogen (secondary N) is 1. The Bertz CT molecular complexity index is 1170. The number of hydrogen-bond donors (Lipinski definition) is 1. The lowest BCUT2D eigenvalue weighted by Gasteiger charge is -2.28. The first-order valence-corrected chi connectivity index (χ1v) is 13.1. The van der Waals surface area contributed by atoms with Crippen molar-refractivity contribution in [1.29, 1.82) is 0 Å². The molecule has 1 amide bonds. The second-order valence-corrected chi connectivity index (χ2v) is 10.7. The van der Waals surface area contributed by atoms with E-state index in [9.17, 15) is 13.2 Å². The minimum absolute atomic E-state index is 0.300. The number of amides is 1. The maximum absolute atomic E-state index is 12.8. The fourth-order valence-corrected chi connectivity index (χ4v) is 5.44. The van der Waals surface area contributed by atoms with Crippen molar-refractivity contribution >= 4 is 49.8 Å². The number of carbonyl (C=O) groups excluding carboxylic acids is 1. The normalized spacial score (nSPS) is 12.1. The molecule has 3 rings (SSSR count). The highest BCUT2D eigenvalue weighted by atomic mass is 32.2. The summed E-state index contributed by atoms with van der Waals surface area (Å²) in [6, 6.07) is 14.7. The van der Waals surface area contributed by atoms with Gasteiger partial charge in [0.1, 0.15) is 17.5 Å². The van der Waals surface area contributed by atoms with Crippen molar-refractivity contribution in [3.05, 3.63) is 67.3 Å². The molecular weight excluding hydrogens is 468 g/mol. The number of anilines is 2. The van der Waals surface area contributed by atoms with Gasteiger partial charge in [-0.25, -0.2) is 8.42 Å². The van der Waals surface area contributed by atoms with Crippen molar-refractivity contribution in [2.24, 2.45) is 0 Å². The van der Waals surface area contributed by atoms with Crippen LogP contribution in [0.25, 0.3) is 0 Å². The summed E-state index contributed by atoms with van der Waals surface area (Å²) >= 11 is 2.66. The van der Waals surface area contributed by atoms with Crippen LogP contribution in [0.4, 0.5) is 10.8 Å². The fourth-order valence-electron chi connectivity index (χ4n) is 2.75. The smallest absolute Gasteiger partial charge is 0.249 e. The molecule has 1 N–H and O–H groups in total. The van der Waals surface area contributed by atoms with Gasteiger partial charge in [-0.2, -0.15) is 0 Å². The Hall–Kier alpha value is -2.89. The number of hydrogen-bond acceptors (Lipinski definition) is 8.